The summed E-state index contributed by atoms with van der Waals surface area (Å²) < 4.78 is 0. The third kappa shape index (κ3) is 3.88. The van der Waals surface area contributed by atoms with Gasteiger partial charge >= 0.3 is 0 Å². The molecule has 2 heterocycles. The fraction of sp³-hybridized carbons (Fsp3) is 0.538. The summed E-state index contributed by atoms with van der Waals surface area (Å²) in [4.78, 5) is 27.1. The van der Waals surface area contributed by atoms with E-state index >= 15 is 0 Å². The molecule has 0 unspecified atom stereocenters. The lowest BCUT2D eigenvalue weighted by molar-refractivity contribution is -0.130. The predicted molar refractivity (Wildman–Crippen MR) is 78.1 cm³/mol. The largest absolute Gasteiger partial charge is 0.354 e. The molecular formula is C13H20N6O2. The molecule has 1 aromatic heterocycles. The van der Waals surface area contributed by atoms with Crippen molar-refractivity contribution < 1.29 is 9.59 Å². The van der Waals surface area contributed by atoms with Gasteiger partial charge in [-0.2, -0.15) is 0 Å². The number of likely N-dealkylation sites (N-methyl/N-ethyl adjacent to an activating group) is 1. The lowest BCUT2D eigenvalue weighted by Crippen LogP contribution is -2.49. The van der Waals surface area contributed by atoms with Crippen LogP contribution in [0.2, 0.25) is 0 Å². The molecule has 114 valence electrons. The zero-order chi connectivity index (χ0) is 15.2. The first-order chi connectivity index (χ1) is 10.1. The van der Waals surface area contributed by atoms with E-state index in [1.807, 2.05) is 4.90 Å². The second-order valence-corrected chi connectivity index (χ2v) is 4.84. The Kier molecular flexibility index (Phi) is 5.04. The molecule has 2 rings (SSSR count). The number of anilines is 1. The standard InChI is InChI=1S/C13H20N6O2/c1-14-13(21)10-3-4-11(17-16-10)18(2)9-12(20)19-7-5-15-6-8-19/h3-4,15H,5-9H2,1-2H3,(H,14,21). The Morgan fingerprint density at radius 3 is 2.62 bits per heavy atom. The zero-order valence-electron chi connectivity index (χ0n) is 12.3. The lowest BCUT2D eigenvalue weighted by Gasteiger charge is -2.29. The summed E-state index contributed by atoms with van der Waals surface area (Å²) in [6, 6.07) is 3.27. The van der Waals surface area contributed by atoms with E-state index < -0.39 is 0 Å². The van der Waals surface area contributed by atoms with Gasteiger partial charge in [0.15, 0.2) is 11.5 Å². The first kappa shape index (κ1) is 15.2. The van der Waals surface area contributed by atoms with E-state index in [2.05, 4.69) is 20.8 Å². The van der Waals surface area contributed by atoms with Crippen LogP contribution >= 0.6 is 0 Å². The average molecular weight is 292 g/mol. The van der Waals surface area contributed by atoms with E-state index in [0.717, 1.165) is 26.2 Å². The van der Waals surface area contributed by atoms with Gasteiger partial charge in [0.2, 0.25) is 5.91 Å². The first-order valence-corrected chi connectivity index (χ1v) is 6.87. The summed E-state index contributed by atoms with van der Waals surface area (Å²) in [6.45, 7) is 3.36. The molecule has 0 bridgehead atoms. The second-order valence-electron chi connectivity index (χ2n) is 4.84. The normalized spacial score (nSPS) is 14.7. The molecule has 0 aliphatic carbocycles. The summed E-state index contributed by atoms with van der Waals surface area (Å²) in [5, 5.41) is 13.5. The maximum absolute atomic E-state index is 12.1. The van der Waals surface area contributed by atoms with Gasteiger partial charge in [0.1, 0.15) is 0 Å². The van der Waals surface area contributed by atoms with Crippen molar-refractivity contribution in [3.63, 3.8) is 0 Å². The van der Waals surface area contributed by atoms with Crippen LogP contribution in [-0.4, -0.2) is 73.7 Å². The molecule has 1 fully saturated rings. The Morgan fingerprint density at radius 2 is 2.05 bits per heavy atom. The number of rotatable bonds is 4. The molecule has 0 spiro atoms. The van der Waals surface area contributed by atoms with E-state index in [9.17, 15) is 9.59 Å². The average Bonchev–Trinajstić information content (AvgIpc) is 2.55. The van der Waals surface area contributed by atoms with Crippen LogP contribution in [0.15, 0.2) is 12.1 Å². The molecule has 0 atom stereocenters. The molecule has 21 heavy (non-hydrogen) atoms. The number of hydrogen-bond acceptors (Lipinski definition) is 6. The van der Waals surface area contributed by atoms with Gasteiger partial charge in [0.05, 0.1) is 6.54 Å². The van der Waals surface area contributed by atoms with Gasteiger partial charge in [-0.1, -0.05) is 0 Å². The van der Waals surface area contributed by atoms with Crippen LogP contribution in [0.3, 0.4) is 0 Å². The Hall–Kier alpha value is -2.22. The van der Waals surface area contributed by atoms with Crippen molar-refractivity contribution in [3.8, 4) is 0 Å². The van der Waals surface area contributed by atoms with Crippen molar-refractivity contribution in [2.24, 2.45) is 0 Å². The molecule has 0 radical (unpaired) electrons. The third-order valence-corrected chi connectivity index (χ3v) is 3.34. The molecule has 2 amide bonds. The minimum absolute atomic E-state index is 0.0659. The SMILES string of the molecule is CNC(=O)c1ccc(N(C)CC(=O)N2CCNCC2)nn1. The van der Waals surface area contributed by atoms with Crippen molar-refractivity contribution in [1.29, 1.82) is 0 Å². The number of aromatic nitrogens is 2. The van der Waals surface area contributed by atoms with E-state index in [1.54, 1.807) is 24.1 Å². The highest BCUT2D eigenvalue weighted by molar-refractivity contribution is 5.92. The number of amides is 2. The number of carbonyl (C=O) groups is 2. The van der Waals surface area contributed by atoms with Crippen LogP contribution in [0, 0.1) is 0 Å². The molecule has 1 aliphatic heterocycles. The maximum Gasteiger partial charge on any atom is 0.271 e. The topological polar surface area (TPSA) is 90.5 Å². The molecule has 2 N–H and O–H groups in total. The molecule has 1 aromatic rings. The van der Waals surface area contributed by atoms with Gasteiger partial charge in [-0.25, -0.2) is 0 Å². The van der Waals surface area contributed by atoms with Gasteiger partial charge in [0.25, 0.3) is 5.91 Å². The molecule has 1 aliphatic rings. The fourth-order valence-electron chi connectivity index (χ4n) is 2.08. The van der Waals surface area contributed by atoms with Crippen molar-refractivity contribution in [3.05, 3.63) is 17.8 Å². The molecule has 8 heteroatoms. The third-order valence-electron chi connectivity index (χ3n) is 3.34. The Labute approximate surface area is 123 Å². The van der Waals surface area contributed by atoms with Gasteiger partial charge in [0, 0.05) is 40.3 Å². The summed E-state index contributed by atoms with van der Waals surface area (Å²) >= 11 is 0. The predicted octanol–water partition coefficient (Wildman–Crippen LogP) is -1.30. The van der Waals surface area contributed by atoms with Crippen LogP contribution in [0.4, 0.5) is 5.82 Å². The molecule has 0 saturated carbocycles. The van der Waals surface area contributed by atoms with Gasteiger partial charge in [-0.15, -0.1) is 10.2 Å². The van der Waals surface area contributed by atoms with E-state index in [1.165, 1.54) is 7.05 Å². The van der Waals surface area contributed by atoms with Crippen molar-refractivity contribution >= 4 is 17.6 Å². The molecule has 1 saturated heterocycles. The lowest BCUT2D eigenvalue weighted by atomic mass is 10.3. The summed E-state index contributed by atoms with van der Waals surface area (Å²) in [6.07, 6.45) is 0. The first-order valence-electron chi connectivity index (χ1n) is 6.87. The van der Waals surface area contributed by atoms with E-state index in [-0.39, 0.29) is 24.1 Å². The minimum Gasteiger partial charge on any atom is -0.354 e. The Morgan fingerprint density at radius 1 is 1.33 bits per heavy atom. The smallest absolute Gasteiger partial charge is 0.271 e. The zero-order valence-corrected chi connectivity index (χ0v) is 12.3. The fourth-order valence-corrected chi connectivity index (χ4v) is 2.08. The second kappa shape index (κ2) is 6.98. The number of nitrogens with zero attached hydrogens (tertiary/aromatic N) is 4. The van der Waals surface area contributed by atoms with E-state index in [0.29, 0.717) is 5.82 Å². The van der Waals surface area contributed by atoms with Gasteiger partial charge in [-0.3, -0.25) is 9.59 Å². The summed E-state index contributed by atoms with van der Waals surface area (Å²) in [5.74, 6) is 0.343. The quantitative estimate of drug-likeness (QED) is 0.717. The number of carbonyl (C=O) groups excluding carboxylic acids is 2. The minimum atomic E-state index is -0.284. The molecule has 8 nitrogen and oxygen atoms in total. The number of piperazine rings is 1. The Balaban J connectivity index is 1.94. The highest BCUT2D eigenvalue weighted by Crippen LogP contribution is 2.08. The van der Waals surface area contributed by atoms with Crippen LogP contribution in [0.1, 0.15) is 10.5 Å². The molecular weight excluding hydrogens is 272 g/mol. The van der Waals surface area contributed by atoms with Crippen molar-refractivity contribution in [2.45, 2.75) is 0 Å². The number of nitrogens with one attached hydrogen (secondary N) is 2. The van der Waals surface area contributed by atoms with Crippen LogP contribution in [-0.2, 0) is 4.79 Å². The van der Waals surface area contributed by atoms with Crippen LogP contribution in [0.5, 0.6) is 0 Å². The van der Waals surface area contributed by atoms with Crippen LogP contribution < -0.4 is 15.5 Å². The monoisotopic (exact) mass is 292 g/mol. The van der Waals surface area contributed by atoms with Crippen LogP contribution in [0.25, 0.3) is 0 Å². The molecule has 0 aromatic carbocycles. The van der Waals surface area contributed by atoms with Gasteiger partial charge in [-0.05, 0) is 12.1 Å². The highest BCUT2D eigenvalue weighted by Gasteiger charge is 2.18. The Bertz CT molecular complexity index is 498. The number of hydrogen-bond donors (Lipinski definition) is 2. The van der Waals surface area contributed by atoms with E-state index in [4.69, 9.17) is 0 Å². The highest BCUT2D eigenvalue weighted by atomic mass is 16.2. The van der Waals surface area contributed by atoms with Crippen molar-refractivity contribution in [2.75, 3.05) is 51.7 Å². The van der Waals surface area contributed by atoms with Gasteiger partial charge < -0.3 is 20.4 Å². The van der Waals surface area contributed by atoms with Crippen molar-refractivity contribution in [1.82, 2.24) is 25.7 Å². The summed E-state index contributed by atoms with van der Waals surface area (Å²) in [7, 11) is 3.32. The summed E-state index contributed by atoms with van der Waals surface area (Å²) in [5.41, 5.74) is 0.253. The maximum atomic E-state index is 12.1.